The number of fused-ring (bicyclic) bond motifs is 9. The summed E-state index contributed by atoms with van der Waals surface area (Å²) in [6.07, 6.45) is 3.68. The molecule has 0 amide bonds. The van der Waals surface area contributed by atoms with E-state index >= 15 is 0 Å². The Morgan fingerprint density at radius 1 is 0.429 bits per heavy atom. The molecule has 9 aromatic rings. The first kappa shape index (κ1) is 22.9. The summed E-state index contributed by atoms with van der Waals surface area (Å²) >= 11 is 0. The van der Waals surface area contributed by atoms with Gasteiger partial charge in [0.05, 0.1) is 22.1 Å². The van der Waals surface area contributed by atoms with E-state index in [-0.39, 0.29) is 0 Å². The van der Waals surface area contributed by atoms with Gasteiger partial charge in [0, 0.05) is 45.5 Å². The molecule has 9 rings (SSSR count). The first-order valence-electron chi connectivity index (χ1n) is 14.0. The first-order chi connectivity index (χ1) is 20.9. The van der Waals surface area contributed by atoms with Crippen LogP contribution < -0.4 is 0 Å². The number of nitrogens with zero attached hydrogens (tertiary/aromatic N) is 5. The van der Waals surface area contributed by atoms with Gasteiger partial charge < -0.3 is 0 Å². The molecule has 5 heteroatoms. The number of benzene rings is 5. The average molecular weight is 538 g/mol. The summed E-state index contributed by atoms with van der Waals surface area (Å²) in [7, 11) is 0. The Labute approximate surface area is 241 Å². The van der Waals surface area contributed by atoms with Crippen LogP contribution in [0, 0.1) is 0 Å². The monoisotopic (exact) mass is 537 g/mol. The highest BCUT2D eigenvalue weighted by Crippen LogP contribution is 2.39. The lowest BCUT2D eigenvalue weighted by atomic mass is 10.00. The van der Waals surface area contributed by atoms with E-state index in [1.807, 2.05) is 30.6 Å². The van der Waals surface area contributed by atoms with Crippen LogP contribution in [0.2, 0.25) is 0 Å². The van der Waals surface area contributed by atoms with Crippen LogP contribution in [0.4, 0.5) is 0 Å². The molecule has 0 spiro atoms. The van der Waals surface area contributed by atoms with Gasteiger partial charge in [-0.3, -0.25) is 14.1 Å². The molecule has 42 heavy (non-hydrogen) atoms. The second-order valence-electron chi connectivity index (χ2n) is 10.5. The zero-order chi connectivity index (χ0) is 27.6. The maximum absolute atomic E-state index is 5.33. The third-order valence-corrected chi connectivity index (χ3v) is 8.21. The molecule has 4 aromatic heterocycles. The molecule has 0 saturated carbocycles. The van der Waals surface area contributed by atoms with E-state index in [1.165, 1.54) is 16.2 Å². The van der Waals surface area contributed by atoms with E-state index in [9.17, 15) is 0 Å². The van der Waals surface area contributed by atoms with Crippen molar-refractivity contribution in [3.05, 3.63) is 140 Å². The van der Waals surface area contributed by atoms with Gasteiger partial charge in [-0.2, -0.15) is 0 Å². The van der Waals surface area contributed by atoms with Crippen molar-refractivity contribution < 1.29 is 0 Å². The number of hydrogen-bond donors (Lipinski definition) is 0. The summed E-state index contributed by atoms with van der Waals surface area (Å²) in [5.41, 5.74) is 8.16. The van der Waals surface area contributed by atoms with E-state index < -0.39 is 0 Å². The number of rotatable bonds is 3. The van der Waals surface area contributed by atoms with Crippen molar-refractivity contribution in [2.75, 3.05) is 0 Å². The number of imidazole rings is 1. The van der Waals surface area contributed by atoms with E-state index in [4.69, 9.17) is 9.97 Å². The highest BCUT2D eigenvalue weighted by atomic mass is 15.1. The first-order valence-corrected chi connectivity index (χ1v) is 14.0. The maximum Gasteiger partial charge on any atom is 0.147 e. The molecule has 0 N–H and O–H groups in total. The van der Waals surface area contributed by atoms with Crippen molar-refractivity contribution in [3.8, 4) is 22.8 Å². The minimum Gasteiger partial charge on any atom is -0.292 e. The summed E-state index contributed by atoms with van der Waals surface area (Å²) in [6.45, 7) is 0. The van der Waals surface area contributed by atoms with Crippen molar-refractivity contribution >= 4 is 54.6 Å². The molecule has 0 bridgehead atoms. The lowest BCUT2D eigenvalue weighted by Gasteiger charge is -2.14. The molecule has 0 saturated heterocycles. The van der Waals surface area contributed by atoms with E-state index in [2.05, 4.69) is 123 Å². The van der Waals surface area contributed by atoms with Crippen LogP contribution in [0.1, 0.15) is 0 Å². The Balaban J connectivity index is 1.35. The molecule has 0 fully saturated rings. The van der Waals surface area contributed by atoms with Crippen molar-refractivity contribution in [2.24, 2.45) is 0 Å². The standard InChI is InChI=1S/C37H23N5/c1-2-10-24(11-3-1)36-40-34-29-14-6-4-12-27(29)28-13-5-7-15-30(28)35(34)42(36)26-20-18-25(19-21-26)41-32-17-9-22-38-33(32)31-16-8-23-39-37(31)41/h1-23H. The molecule has 0 aliphatic rings. The molecule has 0 aliphatic heterocycles. The maximum atomic E-state index is 5.33. The van der Waals surface area contributed by atoms with E-state index in [0.29, 0.717) is 0 Å². The van der Waals surface area contributed by atoms with Gasteiger partial charge in [0.15, 0.2) is 0 Å². The molecule has 0 aliphatic carbocycles. The fourth-order valence-corrected chi connectivity index (χ4v) is 6.41. The zero-order valence-electron chi connectivity index (χ0n) is 22.5. The smallest absolute Gasteiger partial charge is 0.147 e. The Morgan fingerprint density at radius 3 is 1.81 bits per heavy atom. The summed E-state index contributed by atoms with van der Waals surface area (Å²) in [5, 5.41) is 5.82. The average Bonchev–Trinajstić information content (AvgIpc) is 3.63. The minimum absolute atomic E-state index is 0.898. The molecule has 5 nitrogen and oxygen atoms in total. The van der Waals surface area contributed by atoms with Crippen molar-refractivity contribution in [1.82, 2.24) is 24.1 Å². The Kier molecular flexibility index (Phi) is 4.83. The van der Waals surface area contributed by atoms with Crippen molar-refractivity contribution in [3.63, 3.8) is 0 Å². The largest absolute Gasteiger partial charge is 0.292 e. The SMILES string of the molecule is c1ccc(-c2nc3c4ccccc4c4ccccc4c3n2-c2ccc(-n3c4cccnc4c4cccnc43)cc2)cc1. The van der Waals surface area contributed by atoms with Gasteiger partial charge >= 0.3 is 0 Å². The van der Waals surface area contributed by atoms with E-state index in [1.54, 1.807) is 0 Å². The Hall–Kier alpha value is -5.81. The summed E-state index contributed by atoms with van der Waals surface area (Å²) in [4.78, 5) is 14.7. The van der Waals surface area contributed by atoms with Gasteiger partial charge in [-0.1, -0.05) is 78.9 Å². The topological polar surface area (TPSA) is 48.5 Å². The molecule has 0 atom stereocenters. The zero-order valence-corrected chi connectivity index (χ0v) is 22.5. The second kappa shape index (κ2) is 8.85. The van der Waals surface area contributed by atoms with Gasteiger partial charge in [0.2, 0.25) is 0 Å². The quantitative estimate of drug-likeness (QED) is 0.212. The molecule has 4 heterocycles. The number of pyridine rings is 2. The fourth-order valence-electron chi connectivity index (χ4n) is 6.41. The Bertz CT molecular complexity index is 2400. The number of hydrogen-bond acceptors (Lipinski definition) is 3. The predicted molar refractivity (Wildman–Crippen MR) is 171 cm³/mol. The lowest BCUT2D eigenvalue weighted by molar-refractivity contribution is 1.09. The predicted octanol–water partition coefficient (Wildman–Crippen LogP) is 8.89. The molecule has 196 valence electrons. The summed E-state index contributed by atoms with van der Waals surface area (Å²) in [5.74, 6) is 0.919. The fraction of sp³-hybridized carbons (Fsp3) is 0. The van der Waals surface area contributed by atoms with Crippen LogP contribution in [-0.2, 0) is 0 Å². The van der Waals surface area contributed by atoms with Crippen LogP contribution in [0.3, 0.4) is 0 Å². The summed E-state index contributed by atoms with van der Waals surface area (Å²) in [6, 6.07) is 44.5. The molecular formula is C37H23N5. The Morgan fingerprint density at radius 2 is 1.02 bits per heavy atom. The highest BCUT2D eigenvalue weighted by molar-refractivity contribution is 6.24. The van der Waals surface area contributed by atoms with Crippen molar-refractivity contribution in [1.29, 1.82) is 0 Å². The third-order valence-electron chi connectivity index (χ3n) is 8.21. The van der Waals surface area contributed by atoms with Gasteiger partial charge in [-0.05, 0) is 59.3 Å². The van der Waals surface area contributed by atoms with E-state index in [0.717, 1.165) is 61.2 Å². The van der Waals surface area contributed by atoms with Crippen LogP contribution in [0.5, 0.6) is 0 Å². The minimum atomic E-state index is 0.898. The van der Waals surface area contributed by atoms with Gasteiger partial charge in [-0.15, -0.1) is 0 Å². The third kappa shape index (κ3) is 3.22. The van der Waals surface area contributed by atoms with Gasteiger partial charge in [0.1, 0.15) is 11.5 Å². The van der Waals surface area contributed by atoms with Crippen LogP contribution in [0.15, 0.2) is 140 Å². The van der Waals surface area contributed by atoms with Crippen LogP contribution in [0.25, 0.3) is 77.4 Å². The molecule has 0 radical (unpaired) electrons. The van der Waals surface area contributed by atoms with Crippen LogP contribution >= 0.6 is 0 Å². The second-order valence-corrected chi connectivity index (χ2v) is 10.5. The molecule has 5 aromatic carbocycles. The van der Waals surface area contributed by atoms with Crippen molar-refractivity contribution in [2.45, 2.75) is 0 Å². The number of aromatic nitrogens is 5. The van der Waals surface area contributed by atoms with Crippen LogP contribution in [-0.4, -0.2) is 24.1 Å². The van der Waals surface area contributed by atoms with Gasteiger partial charge in [-0.25, -0.2) is 9.97 Å². The lowest BCUT2D eigenvalue weighted by Crippen LogP contribution is -2.00. The normalized spacial score (nSPS) is 11.8. The highest BCUT2D eigenvalue weighted by Gasteiger charge is 2.20. The summed E-state index contributed by atoms with van der Waals surface area (Å²) < 4.78 is 4.50. The molecule has 0 unspecified atom stereocenters. The molecular weight excluding hydrogens is 514 g/mol. The van der Waals surface area contributed by atoms with Gasteiger partial charge in [0.25, 0.3) is 0 Å².